The maximum atomic E-state index is 9.16. The Morgan fingerprint density at radius 1 is 1.21 bits per heavy atom. The molecular formula is C9H12N3O4P3. The van der Waals surface area contributed by atoms with Crippen LogP contribution in [0.3, 0.4) is 0 Å². The van der Waals surface area contributed by atoms with Crippen LogP contribution in [-0.2, 0) is 0 Å². The van der Waals surface area contributed by atoms with Gasteiger partial charge in [0.1, 0.15) is 24.2 Å². The molecule has 0 saturated heterocycles. The maximum Gasteiger partial charge on any atom is 0.249 e. The van der Waals surface area contributed by atoms with Gasteiger partial charge in [0.2, 0.25) is 8.09 Å². The zero-order valence-electron chi connectivity index (χ0n) is 9.75. The van der Waals surface area contributed by atoms with Crippen molar-refractivity contribution in [2.45, 2.75) is 6.10 Å². The summed E-state index contributed by atoms with van der Waals surface area (Å²) in [5.74, 6) is 1.27. The lowest BCUT2D eigenvalue weighted by Gasteiger charge is -2.10. The fraction of sp³-hybridized carbons (Fsp3) is 0.333. The SMILES string of the molecule is OCC(O)COc1ccc(O[PH]2=NP=NP=N2)cc1. The highest BCUT2D eigenvalue weighted by Crippen LogP contribution is 2.42. The van der Waals surface area contributed by atoms with Crippen LogP contribution < -0.4 is 9.26 Å². The Balaban J connectivity index is 1.89. The number of nitrogens with zero attached hydrogens (tertiary/aromatic N) is 3. The number of hydrogen-bond donors (Lipinski definition) is 2. The molecule has 2 atom stereocenters. The highest BCUT2D eigenvalue weighted by molar-refractivity contribution is 7.56. The molecule has 0 aromatic heterocycles. The van der Waals surface area contributed by atoms with Crippen LogP contribution in [0.5, 0.6) is 11.5 Å². The molecule has 2 N–H and O–H groups in total. The normalized spacial score (nSPS) is 20.4. The van der Waals surface area contributed by atoms with E-state index in [2.05, 4.69) is 13.5 Å². The van der Waals surface area contributed by atoms with E-state index in [0.717, 1.165) is 0 Å². The van der Waals surface area contributed by atoms with Crippen molar-refractivity contribution in [3.63, 3.8) is 0 Å². The summed E-state index contributed by atoms with van der Waals surface area (Å²) in [5, 5.41) is 17.8. The molecule has 102 valence electrons. The summed E-state index contributed by atoms with van der Waals surface area (Å²) in [6.07, 6.45) is -0.872. The summed E-state index contributed by atoms with van der Waals surface area (Å²) in [6.45, 7) is -0.269. The van der Waals surface area contributed by atoms with Gasteiger partial charge in [0.05, 0.1) is 6.61 Å². The Morgan fingerprint density at radius 3 is 2.58 bits per heavy atom. The molecule has 1 aromatic rings. The highest BCUT2D eigenvalue weighted by atomic mass is 31.2. The predicted molar refractivity (Wildman–Crippen MR) is 75.1 cm³/mol. The van der Waals surface area contributed by atoms with Gasteiger partial charge in [-0.25, -0.2) is 0 Å². The average molecular weight is 319 g/mol. The fourth-order valence-electron chi connectivity index (χ4n) is 1.15. The zero-order chi connectivity index (χ0) is 13.5. The standard InChI is InChI=1S/C9H12N3O4P3/c13-5-7(14)6-15-8-1-3-9(4-2-8)16-19-11-17-10-18-12-19/h1-4,7,13-14,19H,5-6H2. The largest absolute Gasteiger partial charge is 0.491 e. The van der Waals surface area contributed by atoms with E-state index >= 15 is 0 Å². The third kappa shape index (κ3) is 4.98. The van der Waals surface area contributed by atoms with Crippen LogP contribution in [0.2, 0.25) is 0 Å². The van der Waals surface area contributed by atoms with Crippen molar-refractivity contribution in [3.05, 3.63) is 24.3 Å². The van der Waals surface area contributed by atoms with Crippen LogP contribution in [-0.4, -0.2) is 29.5 Å². The fourth-order valence-corrected chi connectivity index (χ4v) is 4.14. The molecule has 0 fully saturated rings. The summed E-state index contributed by atoms with van der Waals surface area (Å²) in [7, 11) is -0.181. The van der Waals surface area contributed by atoms with Gasteiger partial charge < -0.3 is 19.5 Å². The second kappa shape index (κ2) is 7.68. The van der Waals surface area contributed by atoms with E-state index in [4.69, 9.17) is 19.5 Å². The minimum atomic E-state index is -1.52. The minimum absolute atomic E-state index is 0.0513. The summed E-state index contributed by atoms with van der Waals surface area (Å²) in [6, 6.07) is 6.96. The van der Waals surface area contributed by atoms with Gasteiger partial charge in [-0.15, -0.1) is 0 Å². The zero-order valence-corrected chi connectivity index (χ0v) is 12.5. The van der Waals surface area contributed by atoms with Crippen LogP contribution in [0.4, 0.5) is 0 Å². The summed E-state index contributed by atoms with van der Waals surface area (Å²) in [5.41, 5.74) is 0. The molecule has 7 nitrogen and oxygen atoms in total. The monoisotopic (exact) mass is 319 g/mol. The van der Waals surface area contributed by atoms with Crippen LogP contribution in [0, 0.1) is 0 Å². The molecule has 19 heavy (non-hydrogen) atoms. The van der Waals surface area contributed by atoms with Crippen LogP contribution in [0.1, 0.15) is 0 Å². The molecule has 0 saturated carbocycles. The van der Waals surface area contributed by atoms with E-state index in [1.165, 1.54) is 0 Å². The number of hydrogen-bond acceptors (Lipinski definition) is 7. The van der Waals surface area contributed by atoms with Gasteiger partial charge in [-0.1, -0.05) is 0 Å². The van der Waals surface area contributed by atoms with Gasteiger partial charge in [0, 0.05) is 0 Å². The van der Waals surface area contributed by atoms with Gasteiger partial charge in [0.25, 0.3) is 0 Å². The predicted octanol–water partition coefficient (Wildman–Crippen LogP) is 3.13. The minimum Gasteiger partial charge on any atom is -0.491 e. The molecule has 0 radical (unpaired) electrons. The molecule has 0 spiro atoms. The average Bonchev–Trinajstić information content (AvgIpc) is 2.47. The Bertz CT molecular complexity index is 506. The van der Waals surface area contributed by atoms with Crippen LogP contribution in [0.25, 0.3) is 0 Å². The number of rotatable bonds is 6. The number of aliphatic hydroxyl groups is 2. The Hall–Kier alpha value is -0.830. The third-order valence-electron chi connectivity index (χ3n) is 2.03. The summed E-state index contributed by atoms with van der Waals surface area (Å²) < 4.78 is 23.1. The lowest BCUT2D eigenvalue weighted by Crippen LogP contribution is -2.21. The number of ether oxygens (including phenoxy) is 1. The number of aliphatic hydroxyl groups excluding tert-OH is 2. The quantitative estimate of drug-likeness (QED) is 0.787. The highest BCUT2D eigenvalue weighted by Gasteiger charge is 2.04. The van der Waals surface area contributed by atoms with E-state index in [9.17, 15) is 0 Å². The van der Waals surface area contributed by atoms with Crippen molar-refractivity contribution < 1.29 is 19.5 Å². The summed E-state index contributed by atoms with van der Waals surface area (Å²) in [4.78, 5) is 0. The Morgan fingerprint density at radius 2 is 1.95 bits per heavy atom. The summed E-state index contributed by atoms with van der Waals surface area (Å²) >= 11 is 0. The molecule has 0 amide bonds. The first kappa shape index (κ1) is 14.6. The van der Waals surface area contributed by atoms with E-state index in [1.54, 1.807) is 24.3 Å². The van der Waals surface area contributed by atoms with Gasteiger partial charge in [-0.3, -0.25) is 0 Å². The van der Waals surface area contributed by atoms with Crippen LogP contribution >= 0.6 is 25.1 Å². The van der Waals surface area contributed by atoms with Gasteiger partial charge >= 0.3 is 0 Å². The van der Waals surface area contributed by atoms with Crippen molar-refractivity contribution in [2.75, 3.05) is 13.2 Å². The Labute approximate surface area is 114 Å². The molecule has 0 aliphatic carbocycles. The van der Waals surface area contributed by atoms with E-state index < -0.39 is 14.2 Å². The second-order valence-corrected chi connectivity index (χ2v) is 6.91. The van der Waals surface area contributed by atoms with Crippen molar-refractivity contribution in [3.8, 4) is 11.5 Å². The van der Waals surface area contributed by atoms with Crippen molar-refractivity contribution in [1.82, 2.24) is 0 Å². The van der Waals surface area contributed by atoms with Crippen LogP contribution in [0.15, 0.2) is 37.8 Å². The lowest BCUT2D eigenvalue weighted by atomic mass is 10.3. The van der Waals surface area contributed by atoms with Crippen molar-refractivity contribution in [1.29, 1.82) is 0 Å². The maximum absolute atomic E-state index is 9.16. The lowest BCUT2D eigenvalue weighted by molar-refractivity contribution is 0.0536. The molecular weight excluding hydrogens is 307 g/mol. The van der Waals surface area contributed by atoms with E-state index in [1.807, 2.05) is 0 Å². The van der Waals surface area contributed by atoms with Gasteiger partial charge in [-0.05, 0) is 24.3 Å². The first-order chi connectivity index (χ1) is 9.28. The second-order valence-electron chi connectivity index (χ2n) is 3.47. The molecule has 1 aliphatic heterocycles. The molecule has 2 rings (SSSR count). The van der Waals surface area contributed by atoms with E-state index in [0.29, 0.717) is 28.5 Å². The first-order valence-electron chi connectivity index (χ1n) is 5.36. The first-order valence-corrected chi connectivity index (χ1v) is 8.26. The van der Waals surface area contributed by atoms with Crippen molar-refractivity contribution in [2.24, 2.45) is 13.5 Å². The molecule has 10 heteroatoms. The van der Waals surface area contributed by atoms with Crippen molar-refractivity contribution >= 4 is 25.1 Å². The molecule has 1 heterocycles. The topological polar surface area (TPSA) is 96.0 Å². The smallest absolute Gasteiger partial charge is 0.249 e. The Kier molecular flexibility index (Phi) is 5.90. The number of benzene rings is 1. The van der Waals surface area contributed by atoms with Gasteiger partial charge in [0.15, 0.2) is 17.0 Å². The molecule has 1 aliphatic rings. The third-order valence-corrected chi connectivity index (χ3v) is 5.17. The van der Waals surface area contributed by atoms with E-state index in [-0.39, 0.29) is 13.2 Å². The molecule has 0 bridgehead atoms. The molecule has 1 aromatic carbocycles. The molecule has 2 unspecified atom stereocenters. The van der Waals surface area contributed by atoms with Gasteiger partial charge in [-0.2, -0.15) is 13.5 Å².